The number of nitrogens with one attached hydrogen (secondary N) is 2. The van der Waals surface area contributed by atoms with E-state index in [1.165, 1.54) is 18.3 Å². The van der Waals surface area contributed by atoms with Gasteiger partial charge in [-0.15, -0.1) is 13.2 Å². The van der Waals surface area contributed by atoms with Crippen LogP contribution in [0.3, 0.4) is 0 Å². The second-order valence-electron chi connectivity index (χ2n) is 5.88. The Labute approximate surface area is 162 Å². The average Bonchev–Trinajstić information content (AvgIpc) is 2.68. The number of hydrogen-bond acceptors (Lipinski definition) is 4. The van der Waals surface area contributed by atoms with Crippen LogP contribution >= 0.6 is 0 Å². The molecule has 1 heterocycles. The molecule has 2 N–H and O–H groups in total. The van der Waals surface area contributed by atoms with E-state index in [9.17, 15) is 22.8 Å². The van der Waals surface area contributed by atoms with Gasteiger partial charge in [-0.25, -0.2) is 0 Å². The van der Waals surface area contributed by atoms with E-state index in [1.54, 1.807) is 0 Å². The van der Waals surface area contributed by atoms with E-state index in [2.05, 4.69) is 15.0 Å². The first-order valence-electron chi connectivity index (χ1n) is 8.37. The van der Waals surface area contributed by atoms with E-state index < -0.39 is 23.4 Å². The smallest absolute Gasteiger partial charge is 0.483 e. The lowest BCUT2D eigenvalue weighted by molar-refractivity contribution is -0.274. The number of ether oxygens (including phenoxy) is 2. The normalized spacial score (nSPS) is 11.0. The second kappa shape index (κ2) is 8.51. The molecular weight excluding hydrogens is 389 g/mol. The molecule has 0 aliphatic rings. The second-order valence-corrected chi connectivity index (χ2v) is 5.88. The molecule has 0 radical (unpaired) electrons. The third-order valence-electron chi connectivity index (χ3n) is 3.70. The molecule has 0 unspecified atom stereocenters. The summed E-state index contributed by atoms with van der Waals surface area (Å²) in [6.45, 7) is 0.196. The summed E-state index contributed by atoms with van der Waals surface area (Å²) < 4.78 is 45.7. The highest BCUT2D eigenvalue weighted by atomic mass is 19.4. The number of carbonyl (C=O) groups is 1. The first kappa shape index (κ1) is 20.0. The molecule has 0 aliphatic carbocycles. The predicted molar refractivity (Wildman–Crippen MR) is 98.9 cm³/mol. The summed E-state index contributed by atoms with van der Waals surface area (Å²) in [5, 5.41) is 2.47. The van der Waals surface area contributed by atoms with Crippen LogP contribution in [-0.2, 0) is 6.61 Å². The molecule has 3 rings (SSSR count). The van der Waals surface area contributed by atoms with Gasteiger partial charge < -0.3 is 19.8 Å². The zero-order valence-electron chi connectivity index (χ0n) is 14.8. The van der Waals surface area contributed by atoms with Crippen LogP contribution in [0.4, 0.5) is 18.9 Å². The lowest BCUT2D eigenvalue weighted by atomic mass is 10.2. The van der Waals surface area contributed by atoms with Crippen molar-refractivity contribution in [2.24, 2.45) is 0 Å². The maximum atomic E-state index is 12.2. The van der Waals surface area contributed by atoms with Gasteiger partial charge in [0.2, 0.25) is 5.43 Å². The van der Waals surface area contributed by atoms with E-state index in [1.807, 2.05) is 30.3 Å². The molecule has 0 fully saturated rings. The maximum Gasteiger partial charge on any atom is 0.573 e. The number of hydrogen-bond donors (Lipinski definition) is 2. The Kier molecular flexibility index (Phi) is 5.87. The minimum absolute atomic E-state index is 0.0299. The molecule has 9 heteroatoms. The summed E-state index contributed by atoms with van der Waals surface area (Å²) in [6, 6.07) is 14.9. The Hall–Kier alpha value is -3.75. The minimum Gasteiger partial charge on any atom is -0.483 e. The number of alkyl halides is 3. The molecule has 1 aromatic heterocycles. The number of rotatable bonds is 6. The van der Waals surface area contributed by atoms with Crippen molar-refractivity contribution in [2.45, 2.75) is 13.0 Å². The molecule has 6 nitrogen and oxygen atoms in total. The molecule has 0 atom stereocenters. The van der Waals surface area contributed by atoms with Gasteiger partial charge in [0.1, 0.15) is 18.1 Å². The third-order valence-corrected chi connectivity index (χ3v) is 3.70. The van der Waals surface area contributed by atoms with Gasteiger partial charge in [-0.2, -0.15) is 0 Å². The zero-order chi connectivity index (χ0) is 20.9. The Balaban J connectivity index is 1.62. The van der Waals surface area contributed by atoms with Crippen molar-refractivity contribution in [3.05, 3.63) is 88.3 Å². The van der Waals surface area contributed by atoms with Crippen LogP contribution in [-0.4, -0.2) is 17.3 Å². The van der Waals surface area contributed by atoms with E-state index in [4.69, 9.17) is 4.74 Å². The molecule has 150 valence electrons. The number of H-pyrrole nitrogens is 1. The van der Waals surface area contributed by atoms with E-state index in [0.29, 0.717) is 0 Å². The number of benzene rings is 2. The number of pyridine rings is 1. The number of carbonyl (C=O) groups excluding carboxylic acids is 1. The van der Waals surface area contributed by atoms with E-state index in [0.717, 1.165) is 23.8 Å². The molecule has 1 amide bonds. The molecule has 0 spiro atoms. The van der Waals surface area contributed by atoms with Crippen LogP contribution < -0.4 is 20.2 Å². The number of aromatic nitrogens is 1. The molecular formula is C20H15F3N2O4. The van der Waals surface area contributed by atoms with Gasteiger partial charge >= 0.3 is 6.36 Å². The van der Waals surface area contributed by atoms with E-state index >= 15 is 0 Å². The first-order valence-corrected chi connectivity index (χ1v) is 8.37. The molecule has 0 saturated heterocycles. The van der Waals surface area contributed by atoms with Gasteiger partial charge in [0.05, 0.1) is 0 Å². The Morgan fingerprint density at radius 3 is 2.34 bits per heavy atom. The fourth-order valence-corrected chi connectivity index (χ4v) is 2.38. The van der Waals surface area contributed by atoms with Gasteiger partial charge in [-0.1, -0.05) is 30.3 Å². The van der Waals surface area contributed by atoms with Crippen LogP contribution in [0.1, 0.15) is 16.1 Å². The largest absolute Gasteiger partial charge is 0.573 e. The Bertz CT molecular complexity index is 1030. The predicted octanol–water partition coefficient (Wildman–Crippen LogP) is 4.10. The van der Waals surface area contributed by atoms with Crippen LogP contribution in [0, 0.1) is 0 Å². The highest BCUT2D eigenvalue weighted by Gasteiger charge is 2.30. The molecule has 0 saturated carbocycles. The SMILES string of the molecule is O=C(Nc1ccc(OC(F)(F)F)cc1)c1cc(=O)c(OCc2ccccc2)c[nH]1. The maximum absolute atomic E-state index is 12.2. The molecule has 3 aromatic rings. The Morgan fingerprint density at radius 1 is 1.03 bits per heavy atom. The van der Waals surface area contributed by atoms with Crippen LogP contribution in [0.25, 0.3) is 0 Å². The average molecular weight is 404 g/mol. The van der Waals surface area contributed by atoms with Gasteiger partial charge in [-0.05, 0) is 29.8 Å². The number of aromatic amines is 1. The van der Waals surface area contributed by atoms with Gasteiger partial charge in [-0.3, -0.25) is 9.59 Å². The highest BCUT2D eigenvalue weighted by molar-refractivity contribution is 6.02. The molecule has 2 aromatic carbocycles. The van der Waals surface area contributed by atoms with Crippen molar-refractivity contribution in [1.82, 2.24) is 4.98 Å². The summed E-state index contributed by atoms with van der Waals surface area (Å²) in [5.74, 6) is -0.996. The van der Waals surface area contributed by atoms with Gasteiger partial charge in [0, 0.05) is 18.0 Å². The Morgan fingerprint density at radius 2 is 1.72 bits per heavy atom. The van der Waals surface area contributed by atoms with Gasteiger partial charge in [0.25, 0.3) is 5.91 Å². The van der Waals surface area contributed by atoms with Crippen LogP contribution in [0.15, 0.2) is 71.7 Å². The summed E-state index contributed by atoms with van der Waals surface area (Å²) in [7, 11) is 0. The van der Waals surface area contributed by atoms with Crippen LogP contribution in [0.2, 0.25) is 0 Å². The van der Waals surface area contributed by atoms with Crippen molar-refractivity contribution in [3.63, 3.8) is 0 Å². The summed E-state index contributed by atoms with van der Waals surface area (Å²) in [4.78, 5) is 27.1. The fourth-order valence-electron chi connectivity index (χ4n) is 2.38. The first-order chi connectivity index (χ1) is 13.8. The lowest BCUT2D eigenvalue weighted by Crippen LogP contribution is -2.18. The van der Waals surface area contributed by atoms with Crippen molar-refractivity contribution < 1.29 is 27.4 Å². The topological polar surface area (TPSA) is 80.4 Å². The summed E-state index contributed by atoms with van der Waals surface area (Å²) >= 11 is 0. The molecule has 29 heavy (non-hydrogen) atoms. The van der Waals surface area contributed by atoms with Crippen molar-refractivity contribution >= 4 is 11.6 Å². The van der Waals surface area contributed by atoms with Crippen molar-refractivity contribution in [1.29, 1.82) is 0 Å². The third kappa shape index (κ3) is 5.86. The summed E-state index contributed by atoms with van der Waals surface area (Å²) in [6.07, 6.45) is -3.52. The zero-order valence-corrected chi connectivity index (χ0v) is 14.8. The number of halogens is 3. The van der Waals surface area contributed by atoms with Crippen molar-refractivity contribution in [2.75, 3.05) is 5.32 Å². The van der Waals surface area contributed by atoms with E-state index in [-0.39, 0.29) is 23.7 Å². The van der Waals surface area contributed by atoms with Crippen LogP contribution in [0.5, 0.6) is 11.5 Å². The monoisotopic (exact) mass is 404 g/mol. The number of amides is 1. The molecule has 0 aliphatic heterocycles. The molecule has 0 bridgehead atoms. The highest BCUT2D eigenvalue weighted by Crippen LogP contribution is 2.24. The fraction of sp³-hybridized carbons (Fsp3) is 0.100. The van der Waals surface area contributed by atoms with Gasteiger partial charge in [0.15, 0.2) is 5.75 Å². The standard InChI is InChI=1S/C20H15F3N2O4/c21-20(22,23)29-15-8-6-14(7-9-15)25-19(27)16-10-17(26)18(11-24-16)28-12-13-4-2-1-3-5-13/h1-11H,12H2,(H,24,26)(H,25,27). The summed E-state index contributed by atoms with van der Waals surface area (Å²) in [5.41, 5.74) is 0.595. The number of anilines is 1. The minimum atomic E-state index is -4.80. The quantitative estimate of drug-likeness (QED) is 0.648. The van der Waals surface area contributed by atoms with Crippen molar-refractivity contribution in [3.8, 4) is 11.5 Å². The lowest BCUT2D eigenvalue weighted by Gasteiger charge is -2.10.